The molecule has 2 atom stereocenters. The van der Waals surface area contributed by atoms with Gasteiger partial charge in [0.05, 0.1) is 17.7 Å². The van der Waals surface area contributed by atoms with Crippen molar-refractivity contribution in [3.63, 3.8) is 0 Å². The maximum Gasteiger partial charge on any atom is 0.264 e. The summed E-state index contributed by atoms with van der Waals surface area (Å²) in [5.74, 6) is -0.309. The van der Waals surface area contributed by atoms with E-state index in [-0.39, 0.29) is 29.1 Å². The maximum absolute atomic E-state index is 14.0. The first-order valence-corrected chi connectivity index (χ1v) is 14.5. The van der Waals surface area contributed by atoms with Crippen molar-refractivity contribution in [1.29, 1.82) is 0 Å². The highest BCUT2D eigenvalue weighted by molar-refractivity contribution is 7.92. The van der Waals surface area contributed by atoms with Crippen molar-refractivity contribution >= 4 is 27.5 Å². The predicted octanol–water partition coefficient (Wildman–Crippen LogP) is 4.61. The molecule has 0 saturated heterocycles. The molecular formula is C30H37N3O5S. The zero-order chi connectivity index (χ0) is 28.4. The van der Waals surface area contributed by atoms with Gasteiger partial charge in [-0.05, 0) is 49.6 Å². The van der Waals surface area contributed by atoms with E-state index in [0.29, 0.717) is 12.2 Å². The van der Waals surface area contributed by atoms with Gasteiger partial charge in [-0.25, -0.2) is 8.42 Å². The molecule has 0 unspecified atom stereocenters. The zero-order valence-electron chi connectivity index (χ0n) is 22.9. The van der Waals surface area contributed by atoms with E-state index >= 15 is 0 Å². The smallest absolute Gasteiger partial charge is 0.264 e. The molecule has 2 amide bonds. The minimum absolute atomic E-state index is 0.0526. The van der Waals surface area contributed by atoms with Crippen molar-refractivity contribution in [3.8, 4) is 5.75 Å². The van der Waals surface area contributed by atoms with Gasteiger partial charge in [-0.1, -0.05) is 68.4 Å². The third-order valence-electron chi connectivity index (χ3n) is 6.53. The number of carbonyl (C=O) groups is 2. The fourth-order valence-corrected chi connectivity index (χ4v) is 5.58. The molecule has 0 saturated carbocycles. The summed E-state index contributed by atoms with van der Waals surface area (Å²) in [6.07, 6.45) is 1.11. The van der Waals surface area contributed by atoms with Crippen molar-refractivity contribution in [2.24, 2.45) is 0 Å². The second kappa shape index (κ2) is 13.8. The molecule has 3 aromatic carbocycles. The predicted molar refractivity (Wildman–Crippen MR) is 153 cm³/mol. The molecule has 39 heavy (non-hydrogen) atoms. The molecule has 0 aromatic heterocycles. The number of sulfonamides is 1. The van der Waals surface area contributed by atoms with E-state index in [2.05, 4.69) is 5.32 Å². The van der Waals surface area contributed by atoms with Gasteiger partial charge >= 0.3 is 0 Å². The molecule has 208 valence electrons. The van der Waals surface area contributed by atoms with Gasteiger partial charge in [-0.15, -0.1) is 0 Å². The molecule has 9 heteroatoms. The molecule has 0 bridgehead atoms. The number of rotatable bonds is 13. The van der Waals surface area contributed by atoms with Gasteiger partial charge in [-0.3, -0.25) is 13.9 Å². The SMILES string of the molecule is CC[C@H](C)NC(=O)[C@H](CC)N(Cc1ccccc1)C(=O)CN(c1cccc(OC)c1)S(=O)(=O)c1ccccc1. The lowest BCUT2D eigenvalue weighted by atomic mass is 10.1. The van der Waals surface area contributed by atoms with E-state index in [1.165, 1.54) is 24.1 Å². The fourth-order valence-electron chi connectivity index (χ4n) is 4.15. The number of amides is 2. The largest absolute Gasteiger partial charge is 0.497 e. The van der Waals surface area contributed by atoms with Crippen molar-refractivity contribution < 1.29 is 22.7 Å². The average molecular weight is 552 g/mol. The Bertz CT molecular complexity index is 1330. The Morgan fingerprint density at radius 2 is 1.54 bits per heavy atom. The Morgan fingerprint density at radius 1 is 0.897 bits per heavy atom. The average Bonchev–Trinajstić information content (AvgIpc) is 2.96. The van der Waals surface area contributed by atoms with Crippen LogP contribution in [0.2, 0.25) is 0 Å². The highest BCUT2D eigenvalue weighted by Crippen LogP contribution is 2.27. The monoisotopic (exact) mass is 551 g/mol. The zero-order valence-corrected chi connectivity index (χ0v) is 23.7. The Morgan fingerprint density at radius 3 is 2.13 bits per heavy atom. The summed E-state index contributed by atoms with van der Waals surface area (Å²) in [6.45, 7) is 5.38. The van der Waals surface area contributed by atoms with Crippen molar-refractivity contribution in [2.75, 3.05) is 18.0 Å². The number of hydrogen-bond acceptors (Lipinski definition) is 5. The molecule has 0 spiro atoms. The van der Waals surface area contributed by atoms with Crippen LogP contribution in [0.5, 0.6) is 5.75 Å². The van der Waals surface area contributed by atoms with Gasteiger partial charge in [0, 0.05) is 18.7 Å². The van der Waals surface area contributed by atoms with Crippen LogP contribution in [-0.4, -0.2) is 50.9 Å². The van der Waals surface area contributed by atoms with Crippen LogP contribution in [0.3, 0.4) is 0 Å². The van der Waals surface area contributed by atoms with Gasteiger partial charge in [0.1, 0.15) is 18.3 Å². The summed E-state index contributed by atoms with van der Waals surface area (Å²) in [6, 6.07) is 23.0. The van der Waals surface area contributed by atoms with Crippen LogP contribution >= 0.6 is 0 Å². The minimum atomic E-state index is -4.13. The van der Waals surface area contributed by atoms with Crippen LogP contribution in [0, 0.1) is 0 Å². The highest BCUT2D eigenvalue weighted by Gasteiger charge is 2.34. The van der Waals surface area contributed by atoms with E-state index in [1.54, 1.807) is 42.5 Å². The Labute approximate surface area is 231 Å². The molecule has 3 aromatic rings. The van der Waals surface area contributed by atoms with E-state index < -0.39 is 28.5 Å². The summed E-state index contributed by atoms with van der Waals surface area (Å²) in [5, 5.41) is 2.98. The van der Waals surface area contributed by atoms with E-state index in [4.69, 9.17) is 4.74 Å². The van der Waals surface area contributed by atoms with E-state index in [0.717, 1.165) is 16.3 Å². The summed E-state index contributed by atoms with van der Waals surface area (Å²) in [4.78, 5) is 28.8. The van der Waals surface area contributed by atoms with Crippen molar-refractivity contribution in [3.05, 3.63) is 90.5 Å². The lowest BCUT2D eigenvalue weighted by Gasteiger charge is -2.33. The summed E-state index contributed by atoms with van der Waals surface area (Å²) < 4.78 is 34.1. The Hall–Kier alpha value is -3.85. The standard InChI is InChI=1S/C30H37N3O5S/c1-5-23(3)31-30(35)28(6-2)32(21-24-14-9-7-10-15-24)29(34)22-33(25-16-13-17-26(20-25)38-4)39(36,37)27-18-11-8-12-19-27/h7-20,23,28H,5-6,21-22H2,1-4H3,(H,31,35)/t23-,28-/m0/s1. The van der Waals surface area contributed by atoms with Crippen LogP contribution in [0.25, 0.3) is 0 Å². The first-order valence-electron chi connectivity index (χ1n) is 13.1. The molecule has 1 N–H and O–H groups in total. The summed E-state index contributed by atoms with van der Waals surface area (Å²) in [5.41, 5.74) is 1.11. The second-order valence-corrected chi connectivity index (χ2v) is 11.1. The molecule has 3 rings (SSSR count). The van der Waals surface area contributed by atoms with Crippen molar-refractivity contribution in [2.45, 2.75) is 57.1 Å². The fraction of sp³-hybridized carbons (Fsp3) is 0.333. The molecule has 0 radical (unpaired) electrons. The number of hydrogen-bond donors (Lipinski definition) is 1. The molecule has 0 aliphatic carbocycles. The van der Waals surface area contributed by atoms with Gasteiger partial charge in [0.15, 0.2) is 0 Å². The van der Waals surface area contributed by atoms with Gasteiger partial charge < -0.3 is 15.0 Å². The molecule has 8 nitrogen and oxygen atoms in total. The number of carbonyl (C=O) groups excluding carboxylic acids is 2. The Balaban J connectivity index is 2.05. The lowest BCUT2D eigenvalue weighted by Crippen LogP contribution is -2.53. The third kappa shape index (κ3) is 7.60. The van der Waals surface area contributed by atoms with Gasteiger partial charge in [0.2, 0.25) is 11.8 Å². The third-order valence-corrected chi connectivity index (χ3v) is 8.32. The first kappa shape index (κ1) is 29.7. The molecule has 0 fully saturated rings. The number of anilines is 1. The second-order valence-electron chi connectivity index (χ2n) is 9.28. The van der Waals surface area contributed by atoms with Crippen LogP contribution in [0.1, 0.15) is 39.2 Å². The number of nitrogens with one attached hydrogen (secondary N) is 1. The minimum Gasteiger partial charge on any atom is -0.497 e. The number of ether oxygens (including phenoxy) is 1. The summed E-state index contributed by atoms with van der Waals surface area (Å²) in [7, 11) is -2.64. The molecular weight excluding hydrogens is 514 g/mol. The number of methoxy groups -OCH3 is 1. The van der Waals surface area contributed by atoms with E-state index in [1.807, 2.05) is 51.1 Å². The first-order chi connectivity index (χ1) is 18.7. The topological polar surface area (TPSA) is 96.0 Å². The van der Waals surface area contributed by atoms with E-state index in [9.17, 15) is 18.0 Å². The van der Waals surface area contributed by atoms with Crippen LogP contribution in [-0.2, 0) is 26.2 Å². The number of benzene rings is 3. The van der Waals surface area contributed by atoms with Gasteiger partial charge in [-0.2, -0.15) is 0 Å². The molecule has 0 aliphatic rings. The highest BCUT2D eigenvalue weighted by atomic mass is 32.2. The van der Waals surface area contributed by atoms with Crippen LogP contribution in [0.4, 0.5) is 5.69 Å². The van der Waals surface area contributed by atoms with Gasteiger partial charge in [0.25, 0.3) is 10.0 Å². The van der Waals surface area contributed by atoms with Crippen molar-refractivity contribution in [1.82, 2.24) is 10.2 Å². The molecule has 0 aliphatic heterocycles. The lowest BCUT2D eigenvalue weighted by molar-refractivity contribution is -0.140. The van der Waals surface area contributed by atoms with Crippen LogP contribution in [0.15, 0.2) is 89.8 Å². The Kier molecular flexibility index (Phi) is 10.5. The normalized spacial score (nSPS) is 12.7. The maximum atomic E-state index is 14.0. The summed E-state index contributed by atoms with van der Waals surface area (Å²) >= 11 is 0. The van der Waals surface area contributed by atoms with Crippen LogP contribution < -0.4 is 14.4 Å². The number of nitrogens with zero attached hydrogens (tertiary/aromatic N) is 2. The molecule has 0 heterocycles. The quantitative estimate of drug-likeness (QED) is 0.335.